The van der Waals surface area contributed by atoms with Crippen molar-refractivity contribution in [2.45, 2.75) is 19.3 Å². The number of rotatable bonds is 1. The molecule has 0 radical (unpaired) electrons. The Labute approximate surface area is 115 Å². The minimum atomic E-state index is -0.890. The molecule has 0 saturated carbocycles. The molecule has 19 heavy (non-hydrogen) atoms. The predicted molar refractivity (Wildman–Crippen MR) is 71.8 cm³/mol. The van der Waals surface area contributed by atoms with Crippen LogP contribution in [-0.2, 0) is 0 Å². The Morgan fingerprint density at radius 3 is 2.53 bits per heavy atom. The molecule has 1 amide bonds. The molecule has 0 unspecified atom stereocenters. The van der Waals surface area contributed by atoms with Gasteiger partial charge in [0.1, 0.15) is 11.6 Å². The molecule has 1 aliphatic rings. The van der Waals surface area contributed by atoms with E-state index in [9.17, 15) is 13.6 Å². The summed E-state index contributed by atoms with van der Waals surface area (Å²) in [7, 11) is 0. The Bertz CT molecular complexity index is 501. The molecule has 1 aromatic carbocycles. The van der Waals surface area contributed by atoms with Gasteiger partial charge in [0.15, 0.2) is 5.11 Å². The summed E-state index contributed by atoms with van der Waals surface area (Å²) in [6.45, 7) is 1.59. The molecule has 1 heterocycles. The van der Waals surface area contributed by atoms with Crippen molar-refractivity contribution < 1.29 is 13.6 Å². The minimum Gasteiger partial charge on any atom is -0.349 e. The maximum atomic E-state index is 13.4. The molecule has 0 aromatic heterocycles. The van der Waals surface area contributed by atoms with Gasteiger partial charge in [-0.1, -0.05) is 0 Å². The van der Waals surface area contributed by atoms with Crippen LogP contribution in [0.5, 0.6) is 0 Å². The lowest BCUT2D eigenvalue weighted by molar-refractivity contribution is 0.0968. The molecule has 0 aliphatic carbocycles. The van der Waals surface area contributed by atoms with Crippen LogP contribution < -0.4 is 5.32 Å². The lowest BCUT2D eigenvalue weighted by Gasteiger charge is -2.28. The van der Waals surface area contributed by atoms with E-state index in [0.717, 1.165) is 44.5 Å². The number of thiocarbonyl (C=S) groups is 1. The summed E-state index contributed by atoms with van der Waals surface area (Å²) in [6.07, 6.45) is 3.21. The van der Waals surface area contributed by atoms with Gasteiger partial charge < -0.3 is 4.90 Å². The summed E-state index contributed by atoms with van der Waals surface area (Å²) in [5.74, 6) is -2.25. The highest BCUT2D eigenvalue weighted by Crippen LogP contribution is 2.11. The van der Waals surface area contributed by atoms with Crippen molar-refractivity contribution in [3.8, 4) is 0 Å². The van der Waals surface area contributed by atoms with Crippen LogP contribution in [0.25, 0.3) is 0 Å². The lowest BCUT2D eigenvalue weighted by atomic mass is 10.1. The van der Waals surface area contributed by atoms with Crippen molar-refractivity contribution in [3.63, 3.8) is 0 Å². The van der Waals surface area contributed by atoms with Gasteiger partial charge in [-0.2, -0.15) is 0 Å². The third kappa shape index (κ3) is 3.47. The standard InChI is InChI=1S/C13H14F2N2OS/c14-9-4-5-10(11(15)8-9)12(18)16-13(19)17-6-2-1-3-7-17/h4-5,8H,1-3,6-7H2,(H,16,18,19). The number of halogens is 2. The summed E-state index contributed by atoms with van der Waals surface area (Å²) in [4.78, 5) is 13.7. The van der Waals surface area contributed by atoms with Gasteiger partial charge >= 0.3 is 0 Å². The van der Waals surface area contributed by atoms with Crippen LogP contribution in [0.2, 0.25) is 0 Å². The highest BCUT2D eigenvalue weighted by atomic mass is 32.1. The Morgan fingerprint density at radius 1 is 1.21 bits per heavy atom. The number of nitrogens with zero attached hydrogens (tertiary/aromatic N) is 1. The highest BCUT2D eigenvalue weighted by Gasteiger charge is 2.18. The van der Waals surface area contributed by atoms with Crippen LogP contribution in [0, 0.1) is 11.6 Å². The number of piperidine rings is 1. The van der Waals surface area contributed by atoms with Gasteiger partial charge in [-0.05, 0) is 43.6 Å². The minimum absolute atomic E-state index is 0.208. The number of nitrogens with one attached hydrogen (secondary N) is 1. The van der Waals surface area contributed by atoms with Crippen molar-refractivity contribution in [3.05, 3.63) is 35.4 Å². The summed E-state index contributed by atoms with van der Waals surface area (Å²) in [6, 6.07) is 2.83. The van der Waals surface area contributed by atoms with Crippen LogP contribution in [-0.4, -0.2) is 29.0 Å². The van der Waals surface area contributed by atoms with E-state index in [0.29, 0.717) is 11.2 Å². The number of carbonyl (C=O) groups is 1. The van der Waals surface area contributed by atoms with Crippen molar-refractivity contribution >= 4 is 23.2 Å². The first-order valence-corrected chi connectivity index (χ1v) is 6.54. The van der Waals surface area contributed by atoms with Crippen LogP contribution in [0.4, 0.5) is 8.78 Å². The summed E-state index contributed by atoms with van der Waals surface area (Å²) < 4.78 is 26.2. The van der Waals surface area contributed by atoms with Crippen molar-refractivity contribution in [1.82, 2.24) is 10.2 Å². The summed E-state index contributed by atoms with van der Waals surface area (Å²) in [5, 5.41) is 2.78. The van der Waals surface area contributed by atoms with E-state index in [1.54, 1.807) is 0 Å². The molecule has 0 spiro atoms. The van der Waals surface area contributed by atoms with E-state index < -0.39 is 17.5 Å². The smallest absolute Gasteiger partial charge is 0.260 e. The Kier molecular flexibility index (Phi) is 4.42. The van der Waals surface area contributed by atoms with Gasteiger partial charge in [0.25, 0.3) is 5.91 Å². The Balaban J connectivity index is 2.02. The predicted octanol–water partition coefficient (Wildman–Crippen LogP) is 2.47. The second kappa shape index (κ2) is 6.06. The normalized spacial score (nSPS) is 15.2. The van der Waals surface area contributed by atoms with Crippen LogP contribution in [0.15, 0.2) is 18.2 Å². The van der Waals surface area contributed by atoms with Gasteiger partial charge in [-0.15, -0.1) is 0 Å². The number of hydrogen-bond donors (Lipinski definition) is 1. The number of benzene rings is 1. The molecule has 2 rings (SSSR count). The Morgan fingerprint density at radius 2 is 1.89 bits per heavy atom. The van der Waals surface area contributed by atoms with E-state index in [2.05, 4.69) is 5.32 Å². The van der Waals surface area contributed by atoms with Crippen LogP contribution in [0.1, 0.15) is 29.6 Å². The molecule has 0 atom stereocenters. The van der Waals surface area contributed by atoms with Gasteiger partial charge in [-0.25, -0.2) is 8.78 Å². The maximum Gasteiger partial charge on any atom is 0.260 e. The van der Waals surface area contributed by atoms with E-state index in [1.807, 2.05) is 4.90 Å². The fraction of sp³-hybridized carbons (Fsp3) is 0.385. The maximum absolute atomic E-state index is 13.4. The first-order chi connectivity index (χ1) is 9.08. The number of carbonyl (C=O) groups excluding carboxylic acids is 1. The zero-order chi connectivity index (χ0) is 13.8. The second-order valence-corrected chi connectivity index (χ2v) is 4.82. The quantitative estimate of drug-likeness (QED) is 0.804. The highest BCUT2D eigenvalue weighted by molar-refractivity contribution is 7.80. The van der Waals surface area contributed by atoms with Gasteiger partial charge in [0.05, 0.1) is 5.56 Å². The van der Waals surface area contributed by atoms with Gasteiger partial charge in [-0.3, -0.25) is 10.1 Å². The largest absolute Gasteiger partial charge is 0.349 e. The van der Waals surface area contributed by atoms with Crippen molar-refractivity contribution in [2.24, 2.45) is 0 Å². The molecular formula is C13H14F2N2OS. The average molecular weight is 284 g/mol. The SMILES string of the molecule is O=C(NC(=S)N1CCCCC1)c1ccc(F)cc1F. The zero-order valence-corrected chi connectivity index (χ0v) is 11.1. The number of likely N-dealkylation sites (tertiary alicyclic amines) is 1. The average Bonchev–Trinajstić information content (AvgIpc) is 2.39. The molecule has 1 fully saturated rings. The molecule has 1 saturated heterocycles. The Hall–Kier alpha value is -1.56. The third-order valence-corrected chi connectivity index (χ3v) is 3.40. The van der Waals surface area contributed by atoms with Crippen molar-refractivity contribution in [2.75, 3.05) is 13.1 Å². The fourth-order valence-corrected chi connectivity index (χ4v) is 2.29. The molecule has 3 nitrogen and oxygen atoms in total. The van der Waals surface area contributed by atoms with Crippen molar-refractivity contribution in [1.29, 1.82) is 0 Å². The molecule has 102 valence electrons. The van der Waals surface area contributed by atoms with Crippen LogP contribution in [0.3, 0.4) is 0 Å². The zero-order valence-electron chi connectivity index (χ0n) is 10.3. The molecule has 1 aromatic rings. The number of hydrogen-bond acceptors (Lipinski definition) is 2. The molecular weight excluding hydrogens is 270 g/mol. The topological polar surface area (TPSA) is 32.3 Å². The second-order valence-electron chi connectivity index (χ2n) is 4.43. The van der Waals surface area contributed by atoms with E-state index in [1.165, 1.54) is 0 Å². The monoisotopic (exact) mass is 284 g/mol. The summed E-state index contributed by atoms with van der Waals surface area (Å²) >= 11 is 5.12. The van der Waals surface area contributed by atoms with Gasteiger partial charge in [0.2, 0.25) is 0 Å². The molecule has 1 N–H and O–H groups in total. The number of amides is 1. The first kappa shape index (κ1) is 13.9. The fourth-order valence-electron chi connectivity index (χ4n) is 2.01. The van der Waals surface area contributed by atoms with E-state index in [-0.39, 0.29) is 5.56 Å². The molecule has 1 aliphatic heterocycles. The third-order valence-electron chi connectivity index (χ3n) is 3.04. The lowest BCUT2D eigenvalue weighted by Crippen LogP contribution is -2.45. The van der Waals surface area contributed by atoms with E-state index in [4.69, 9.17) is 12.2 Å². The van der Waals surface area contributed by atoms with Crippen LogP contribution >= 0.6 is 12.2 Å². The summed E-state index contributed by atoms with van der Waals surface area (Å²) in [5.41, 5.74) is -0.208. The molecule has 6 heteroatoms. The van der Waals surface area contributed by atoms with Gasteiger partial charge in [0, 0.05) is 19.2 Å². The first-order valence-electron chi connectivity index (χ1n) is 6.13. The molecule has 0 bridgehead atoms. The van der Waals surface area contributed by atoms with E-state index >= 15 is 0 Å².